The number of nitrogens with zero attached hydrogens (tertiary/aromatic N) is 2. The molecule has 8 heteroatoms. The standard InChI is InChI=1S/C6H7BrF2N4O/c7-4-5(13-10)11-2-12-6(4)14-1-3(8)9/h2-3H,1,10H2,(H,11,12,13). The molecule has 1 rings (SSSR count). The van der Waals surface area contributed by atoms with E-state index in [9.17, 15) is 8.78 Å². The van der Waals surface area contributed by atoms with E-state index in [1.165, 1.54) is 0 Å². The normalized spacial score (nSPS) is 10.4. The summed E-state index contributed by atoms with van der Waals surface area (Å²) < 4.78 is 28.6. The van der Waals surface area contributed by atoms with Crippen molar-refractivity contribution >= 4 is 21.7 Å². The molecule has 1 aromatic heterocycles. The lowest BCUT2D eigenvalue weighted by atomic mass is 10.5. The van der Waals surface area contributed by atoms with Gasteiger partial charge >= 0.3 is 0 Å². The number of ether oxygens (including phenoxy) is 1. The molecule has 3 N–H and O–H groups in total. The molecule has 0 aliphatic heterocycles. The topological polar surface area (TPSA) is 73.1 Å². The van der Waals surface area contributed by atoms with Gasteiger partial charge in [-0.1, -0.05) is 0 Å². The van der Waals surface area contributed by atoms with E-state index in [-0.39, 0.29) is 11.7 Å². The third kappa shape index (κ3) is 2.74. The van der Waals surface area contributed by atoms with Crippen LogP contribution >= 0.6 is 15.9 Å². The van der Waals surface area contributed by atoms with E-state index in [0.29, 0.717) is 4.47 Å². The summed E-state index contributed by atoms with van der Waals surface area (Å²) in [6.07, 6.45) is -1.40. The highest BCUT2D eigenvalue weighted by Gasteiger charge is 2.11. The van der Waals surface area contributed by atoms with Crippen molar-refractivity contribution in [2.24, 2.45) is 5.84 Å². The van der Waals surface area contributed by atoms with Crippen LogP contribution in [0.5, 0.6) is 5.88 Å². The zero-order chi connectivity index (χ0) is 10.6. The maximum Gasteiger partial charge on any atom is 0.272 e. The molecule has 14 heavy (non-hydrogen) atoms. The monoisotopic (exact) mass is 268 g/mol. The van der Waals surface area contributed by atoms with Crippen LogP contribution in [0.25, 0.3) is 0 Å². The lowest BCUT2D eigenvalue weighted by Gasteiger charge is -2.08. The number of aromatic nitrogens is 2. The first-order valence-electron chi connectivity index (χ1n) is 3.53. The quantitative estimate of drug-likeness (QED) is 0.634. The van der Waals surface area contributed by atoms with Gasteiger partial charge in [-0.3, -0.25) is 0 Å². The molecule has 0 fully saturated rings. The van der Waals surface area contributed by atoms with Gasteiger partial charge in [0.1, 0.15) is 10.8 Å². The maximum absolute atomic E-state index is 11.8. The van der Waals surface area contributed by atoms with Crippen molar-refractivity contribution in [3.05, 3.63) is 10.8 Å². The number of hydrogen-bond donors (Lipinski definition) is 2. The van der Waals surface area contributed by atoms with Gasteiger partial charge in [0.05, 0.1) is 0 Å². The molecule has 0 amide bonds. The van der Waals surface area contributed by atoms with Crippen LogP contribution in [0.4, 0.5) is 14.6 Å². The summed E-state index contributed by atoms with van der Waals surface area (Å²) in [4.78, 5) is 7.37. The van der Waals surface area contributed by atoms with E-state index in [2.05, 4.69) is 31.3 Å². The van der Waals surface area contributed by atoms with Crippen molar-refractivity contribution in [2.75, 3.05) is 12.0 Å². The lowest BCUT2D eigenvalue weighted by Crippen LogP contribution is -2.12. The molecule has 1 heterocycles. The number of nitrogen functional groups attached to an aromatic ring is 1. The Balaban J connectivity index is 2.76. The molecule has 5 nitrogen and oxygen atoms in total. The number of alkyl halides is 2. The molecule has 0 aliphatic carbocycles. The Morgan fingerprint density at radius 3 is 2.86 bits per heavy atom. The van der Waals surface area contributed by atoms with Gasteiger partial charge in [-0.05, 0) is 15.9 Å². The number of rotatable bonds is 4. The van der Waals surface area contributed by atoms with Gasteiger partial charge in [-0.15, -0.1) is 0 Å². The number of hydrogen-bond acceptors (Lipinski definition) is 5. The summed E-state index contributed by atoms with van der Waals surface area (Å²) in [7, 11) is 0. The number of halogens is 3. The van der Waals surface area contributed by atoms with Crippen molar-refractivity contribution in [1.29, 1.82) is 0 Å². The van der Waals surface area contributed by atoms with Crippen molar-refractivity contribution in [3.63, 3.8) is 0 Å². The second-order valence-corrected chi connectivity index (χ2v) is 2.98. The minimum atomic E-state index is -2.55. The molecule has 0 saturated carbocycles. The molecule has 0 atom stereocenters. The van der Waals surface area contributed by atoms with Crippen LogP contribution in [0.1, 0.15) is 0 Å². The second kappa shape index (κ2) is 5.01. The number of nitrogens with one attached hydrogen (secondary N) is 1. The highest BCUT2D eigenvalue weighted by atomic mass is 79.9. The van der Waals surface area contributed by atoms with Crippen molar-refractivity contribution in [1.82, 2.24) is 9.97 Å². The summed E-state index contributed by atoms with van der Waals surface area (Å²) in [6, 6.07) is 0. The first kappa shape index (κ1) is 11.1. The summed E-state index contributed by atoms with van der Waals surface area (Å²) in [5.41, 5.74) is 2.26. The fourth-order valence-electron chi connectivity index (χ4n) is 0.697. The maximum atomic E-state index is 11.8. The zero-order valence-electron chi connectivity index (χ0n) is 6.88. The van der Waals surface area contributed by atoms with Crippen LogP contribution in [0.15, 0.2) is 10.8 Å². The Hall–Kier alpha value is -1.02. The van der Waals surface area contributed by atoms with Gasteiger partial charge in [0.25, 0.3) is 6.43 Å². The Bertz CT molecular complexity index is 312. The highest BCUT2D eigenvalue weighted by molar-refractivity contribution is 9.10. The van der Waals surface area contributed by atoms with Crippen molar-refractivity contribution in [2.45, 2.75) is 6.43 Å². The predicted molar refractivity (Wildman–Crippen MR) is 49.0 cm³/mol. The van der Waals surface area contributed by atoms with Gasteiger partial charge in [-0.2, -0.15) is 0 Å². The molecule has 0 aliphatic rings. The predicted octanol–water partition coefficient (Wildman–Crippen LogP) is 1.17. The minimum Gasteiger partial charge on any atom is -0.471 e. The summed E-state index contributed by atoms with van der Waals surface area (Å²) in [6.45, 7) is -0.723. The molecule has 0 unspecified atom stereocenters. The van der Waals surface area contributed by atoms with Crippen molar-refractivity contribution < 1.29 is 13.5 Å². The molecule has 0 radical (unpaired) electrons. The fourth-order valence-corrected chi connectivity index (χ4v) is 1.13. The second-order valence-electron chi connectivity index (χ2n) is 2.19. The van der Waals surface area contributed by atoms with Crippen LogP contribution in [-0.4, -0.2) is 23.0 Å². The van der Waals surface area contributed by atoms with E-state index in [1.54, 1.807) is 0 Å². The Labute approximate surface area is 86.8 Å². The summed E-state index contributed by atoms with van der Waals surface area (Å²) in [5.74, 6) is 5.39. The Morgan fingerprint density at radius 1 is 1.57 bits per heavy atom. The molecule has 0 bridgehead atoms. The van der Waals surface area contributed by atoms with E-state index in [0.717, 1.165) is 6.33 Å². The summed E-state index contributed by atoms with van der Waals surface area (Å²) in [5, 5.41) is 0. The molecular formula is C6H7BrF2N4O. The minimum absolute atomic E-state index is 0.0215. The fraction of sp³-hybridized carbons (Fsp3) is 0.333. The molecule has 0 aromatic carbocycles. The smallest absolute Gasteiger partial charge is 0.272 e. The van der Waals surface area contributed by atoms with Crippen LogP contribution in [0.3, 0.4) is 0 Å². The zero-order valence-corrected chi connectivity index (χ0v) is 8.46. The van der Waals surface area contributed by atoms with Gasteiger partial charge in [0.2, 0.25) is 5.88 Å². The molecule has 0 spiro atoms. The van der Waals surface area contributed by atoms with Gasteiger partial charge in [0.15, 0.2) is 12.4 Å². The van der Waals surface area contributed by atoms with Crippen LogP contribution in [0, 0.1) is 0 Å². The third-order valence-corrected chi connectivity index (χ3v) is 1.96. The van der Waals surface area contributed by atoms with Gasteiger partial charge < -0.3 is 10.2 Å². The SMILES string of the molecule is NNc1ncnc(OCC(F)F)c1Br. The van der Waals surface area contributed by atoms with Crippen LogP contribution in [0.2, 0.25) is 0 Å². The lowest BCUT2D eigenvalue weighted by molar-refractivity contribution is 0.0791. The summed E-state index contributed by atoms with van der Waals surface area (Å²) >= 11 is 3.05. The van der Waals surface area contributed by atoms with E-state index in [1.807, 2.05) is 0 Å². The van der Waals surface area contributed by atoms with E-state index in [4.69, 9.17) is 10.6 Å². The Morgan fingerprint density at radius 2 is 2.29 bits per heavy atom. The van der Waals surface area contributed by atoms with Gasteiger partial charge in [-0.25, -0.2) is 24.6 Å². The first-order chi connectivity index (χ1) is 6.65. The van der Waals surface area contributed by atoms with Gasteiger partial charge in [0, 0.05) is 0 Å². The van der Waals surface area contributed by atoms with Crippen LogP contribution in [-0.2, 0) is 0 Å². The third-order valence-electron chi connectivity index (χ3n) is 1.24. The van der Waals surface area contributed by atoms with E-state index >= 15 is 0 Å². The average molecular weight is 269 g/mol. The van der Waals surface area contributed by atoms with Crippen LogP contribution < -0.4 is 16.0 Å². The first-order valence-corrected chi connectivity index (χ1v) is 4.32. The van der Waals surface area contributed by atoms with E-state index < -0.39 is 13.0 Å². The average Bonchev–Trinajstić information content (AvgIpc) is 2.16. The largest absolute Gasteiger partial charge is 0.471 e. The molecule has 0 saturated heterocycles. The Kier molecular flexibility index (Phi) is 3.96. The molecule has 78 valence electrons. The van der Waals surface area contributed by atoms with Crippen molar-refractivity contribution in [3.8, 4) is 5.88 Å². The number of hydrazine groups is 1. The number of nitrogens with two attached hydrogens (primary N) is 1. The number of anilines is 1. The molecule has 1 aromatic rings. The highest BCUT2D eigenvalue weighted by Crippen LogP contribution is 2.27. The molecular weight excluding hydrogens is 262 g/mol.